The van der Waals surface area contributed by atoms with Gasteiger partial charge in [-0.1, -0.05) is 23.5 Å². The van der Waals surface area contributed by atoms with Crippen LogP contribution < -0.4 is 15.3 Å². The van der Waals surface area contributed by atoms with Crippen molar-refractivity contribution in [2.75, 3.05) is 13.2 Å². The quantitative estimate of drug-likeness (QED) is 0.875. The fourth-order valence-corrected chi connectivity index (χ4v) is 4.02. The molecular formula is C14H16N2O3S. The molecule has 0 amide bonds. The Kier molecular flexibility index (Phi) is 3.07. The number of aromatic hydroxyl groups is 1. The molecule has 0 spiro atoms. The molecule has 2 aromatic rings. The lowest BCUT2D eigenvalue weighted by atomic mass is 9.81. The highest BCUT2D eigenvalue weighted by Gasteiger charge is 2.52. The smallest absolute Gasteiger partial charge is 0.311 e. The number of hydrogen-bond donors (Lipinski definition) is 2. The lowest BCUT2D eigenvalue weighted by molar-refractivity contribution is 0.270. The molecule has 2 aliphatic rings. The van der Waals surface area contributed by atoms with E-state index in [2.05, 4.69) is 0 Å². The topological polar surface area (TPSA) is 77.5 Å². The molecule has 1 aromatic carbocycles. The molecule has 6 heteroatoms. The first-order valence-corrected chi connectivity index (χ1v) is 7.36. The van der Waals surface area contributed by atoms with E-state index in [1.807, 2.05) is 31.2 Å². The average Bonchev–Trinajstić information content (AvgIpc) is 2.92. The fraction of sp³-hybridized carbons (Fsp3) is 0.357. The largest absolute Gasteiger partial charge is 0.494 e. The molecule has 1 unspecified atom stereocenters. The number of rotatable bonds is 5. The van der Waals surface area contributed by atoms with Crippen LogP contribution in [-0.4, -0.2) is 22.8 Å². The normalized spacial score (nSPS) is 19.7. The lowest BCUT2D eigenvalue weighted by Crippen LogP contribution is -2.45. The van der Waals surface area contributed by atoms with Crippen LogP contribution in [0.2, 0.25) is 0 Å². The van der Waals surface area contributed by atoms with Gasteiger partial charge in [0, 0.05) is 0 Å². The van der Waals surface area contributed by atoms with Gasteiger partial charge < -0.3 is 15.6 Å². The number of benzene rings is 1. The first-order chi connectivity index (χ1) is 9.65. The van der Waals surface area contributed by atoms with Gasteiger partial charge in [0.25, 0.3) is 0 Å². The number of nitrogens with zero attached hydrogens (tertiary/aromatic N) is 1. The Morgan fingerprint density at radius 2 is 2.10 bits per heavy atom. The van der Waals surface area contributed by atoms with Gasteiger partial charge in [0.1, 0.15) is 16.2 Å². The van der Waals surface area contributed by atoms with Crippen molar-refractivity contribution in [2.45, 2.75) is 18.9 Å². The molecule has 0 fully saturated rings. The van der Waals surface area contributed by atoms with E-state index in [9.17, 15) is 9.90 Å². The summed E-state index contributed by atoms with van der Waals surface area (Å²) in [6.07, 6.45) is 0.596. The predicted molar refractivity (Wildman–Crippen MR) is 77.7 cm³/mol. The Balaban J connectivity index is 2.04. The van der Waals surface area contributed by atoms with Crippen molar-refractivity contribution in [3.05, 3.63) is 44.4 Å². The molecule has 2 bridgehead atoms. The van der Waals surface area contributed by atoms with Crippen LogP contribution in [0.1, 0.15) is 23.8 Å². The van der Waals surface area contributed by atoms with Crippen LogP contribution in [0, 0.1) is 0 Å². The minimum absolute atomic E-state index is 0.0716. The van der Waals surface area contributed by atoms with Crippen LogP contribution in [0.5, 0.6) is 11.6 Å². The van der Waals surface area contributed by atoms with Crippen LogP contribution in [0.3, 0.4) is 0 Å². The van der Waals surface area contributed by atoms with E-state index in [1.54, 1.807) is 0 Å². The standard InChI is InChI=1S/C14H16N2O3S/c1-2-19-10-5-3-9(4-6-10)14(7-8-15)11-12(17)16(14)13(18)20-11/h3-6,17H,2,7-8,15H2,1H3. The molecule has 0 radical (unpaired) electrons. The molecule has 5 nitrogen and oxygen atoms in total. The van der Waals surface area contributed by atoms with Gasteiger partial charge in [-0.3, -0.25) is 9.36 Å². The van der Waals surface area contributed by atoms with Gasteiger partial charge in [0.15, 0.2) is 0 Å². The number of nitrogens with two attached hydrogens (primary N) is 1. The van der Waals surface area contributed by atoms with Crippen molar-refractivity contribution < 1.29 is 9.84 Å². The molecule has 3 N–H and O–H groups in total. The van der Waals surface area contributed by atoms with Crippen molar-refractivity contribution in [3.63, 3.8) is 0 Å². The Labute approximate surface area is 120 Å². The maximum atomic E-state index is 11.9. The summed E-state index contributed by atoms with van der Waals surface area (Å²) in [4.78, 5) is 12.4. The van der Waals surface area contributed by atoms with Gasteiger partial charge in [-0.15, -0.1) is 0 Å². The summed E-state index contributed by atoms with van der Waals surface area (Å²) < 4.78 is 6.86. The Bertz CT molecular complexity index is 689. The highest BCUT2D eigenvalue weighted by atomic mass is 32.1. The van der Waals surface area contributed by atoms with Gasteiger partial charge in [-0.25, -0.2) is 0 Å². The van der Waals surface area contributed by atoms with Crippen molar-refractivity contribution in [2.24, 2.45) is 5.73 Å². The van der Waals surface area contributed by atoms with Crippen LogP contribution in [0.4, 0.5) is 0 Å². The summed E-state index contributed by atoms with van der Waals surface area (Å²) in [5.41, 5.74) is 6.08. The third-order valence-corrected chi connectivity index (χ3v) is 4.77. The maximum Gasteiger partial charge on any atom is 0.311 e. The molecule has 3 heterocycles. The Hall–Kier alpha value is -1.79. The Morgan fingerprint density at radius 1 is 1.40 bits per heavy atom. The zero-order chi connectivity index (χ0) is 14.3. The SMILES string of the molecule is CCOc1ccc(C2(CCN)c3sc(=O)n2c3O)cc1. The number of fused-ring (bicyclic) bond motifs is 1. The second kappa shape index (κ2) is 4.64. The highest BCUT2D eigenvalue weighted by molar-refractivity contribution is 7.10. The Morgan fingerprint density at radius 3 is 2.55 bits per heavy atom. The van der Waals surface area contributed by atoms with Crippen LogP contribution in [-0.2, 0) is 5.54 Å². The summed E-state index contributed by atoms with van der Waals surface area (Å²) in [7, 11) is 0. The molecule has 20 heavy (non-hydrogen) atoms. The van der Waals surface area contributed by atoms with Crippen molar-refractivity contribution in [1.29, 1.82) is 0 Å². The monoisotopic (exact) mass is 292 g/mol. The molecule has 106 valence electrons. The maximum absolute atomic E-state index is 11.9. The fourth-order valence-electron chi connectivity index (χ4n) is 2.85. The summed E-state index contributed by atoms with van der Waals surface area (Å²) in [5, 5.41) is 9.88. The lowest BCUT2D eigenvalue weighted by Gasteiger charge is -2.39. The van der Waals surface area contributed by atoms with Gasteiger partial charge >= 0.3 is 4.87 Å². The highest BCUT2D eigenvalue weighted by Crippen LogP contribution is 2.52. The van der Waals surface area contributed by atoms with E-state index < -0.39 is 5.54 Å². The van der Waals surface area contributed by atoms with E-state index in [0.29, 0.717) is 24.4 Å². The molecule has 0 saturated heterocycles. The van der Waals surface area contributed by atoms with Crippen molar-refractivity contribution >= 4 is 11.3 Å². The minimum Gasteiger partial charge on any atom is -0.494 e. The van der Waals surface area contributed by atoms with Gasteiger partial charge in [0.2, 0.25) is 5.88 Å². The molecule has 1 aromatic heterocycles. The van der Waals surface area contributed by atoms with E-state index in [1.165, 1.54) is 4.57 Å². The predicted octanol–water partition coefficient (Wildman–Crippen LogP) is 1.47. The third kappa shape index (κ3) is 1.55. The van der Waals surface area contributed by atoms with Gasteiger partial charge in [-0.05, 0) is 37.6 Å². The van der Waals surface area contributed by atoms with Crippen LogP contribution >= 0.6 is 11.3 Å². The summed E-state index contributed by atoms with van der Waals surface area (Å²) in [6, 6.07) is 7.62. The molecule has 0 saturated carbocycles. The van der Waals surface area contributed by atoms with Crippen LogP contribution in [0.15, 0.2) is 29.1 Å². The molecule has 1 atom stereocenters. The second-order valence-corrected chi connectivity index (χ2v) is 5.67. The number of ether oxygens (including phenoxy) is 1. The second-order valence-electron chi connectivity index (χ2n) is 4.71. The molecule has 2 aliphatic heterocycles. The van der Waals surface area contributed by atoms with Crippen molar-refractivity contribution in [1.82, 2.24) is 4.57 Å². The van der Waals surface area contributed by atoms with Gasteiger partial charge in [0.05, 0.1) is 6.61 Å². The summed E-state index contributed by atoms with van der Waals surface area (Å²) >= 11 is 1.09. The summed E-state index contributed by atoms with van der Waals surface area (Å²) in [5.74, 6) is 0.861. The summed E-state index contributed by atoms with van der Waals surface area (Å²) in [6.45, 7) is 2.98. The zero-order valence-electron chi connectivity index (χ0n) is 11.1. The van der Waals surface area contributed by atoms with E-state index in [4.69, 9.17) is 10.5 Å². The van der Waals surface area contributed by atoms with Crippen molar-refractivity contribution in [3.8, 4) is 11.6 Å². The third-order valence-electron chi connectivity index (χ3n) is 3.69. The average molecular weight is 292 g/mol. The van der Waals surface area contributed by atoms with E-state index >= 15 is 0 Å². The van der Waals surface area contributed by atoms with Gasteiger partial charge in [-0.2, -0.15) is 0 Å². The van der Waals surface area contributed by atoms with Crippen LogP contribution in [0.25, 0.3) is 0 Å². The number of thiazole rings is 1. The number of hydrogen-bond acceptors (Lipinski definition) is 5. The first-order valence-electron chi connectivity index (χ1n) is 6.54. The minimum atomic E-state index is -0.578. The first kappa shape index (κ1) is 13.2. The molecular weight excluding hydrogens is 276 g/mol. The molecule has 0 aliphatic carbocycles. The zero-order valence-corrected chi connectivity index (χ0v) is 11.9. The number of aromatic nitrogens is 1. The van der Waals surface area contributed by atoms with E-state index in [0.717, 1.165) is 22.6 Å². The van der Waals surface area contributed by atoms with E-state index in [-0.39, 0.29) is 10.8 Å². The molecule has 4 rings (SSSR count).